The first kappa shape index (κ1) is 14.4. The number of nitrogens with one attached hydrogen (secondary N) is 1. The van der Waals surface area contributed by atoms with Crippen LogP contribution in [-0.2, 0) is 5.41 Å². The summed E-state index contributed by atoms with van der Waals surface area (Å²) in [5.41, 5.74) is 4.23. The van der Waals surface area contributed by atoms with Crippen LogP contribution in [0.25, 0.3) is 22.6 Å². The molecule has 0 aliphatic rings. The third kappa shape index (κ3) is 2.52. The lowest BCUT2D eigenvalue weighted by Crippen LogP contribution is -2.10. The summed E-state index contributed by atoms with van der Waals surface area (Å²) in [6, 6.07) is 11.6. The van der Waals surface area contributed by atoms with Crippen molar-refractivity contribution in [3.8, 4) is 17.2 Å². The molecular weight excluding hydrogens is 276 g/mol. The van der Waals surface area contributed by atoms with Gasteiger partial charge in [0, 0.05) is 24.7 Å². The fraction of sp³-hybridized carbons (Fsp3) is 0.278. The zero-order valence-electron chi connectivity index (χ0n) is 13.3. The first-order valence-corrected chi connectivity index (χ1v) is 7.31. The Hall–Kier alpha value is -2.49. The Morgan fingerprint density at radius 2 is 1.77 bits per heavy atom. The van der Waals surface area contributed by atoms with Gasteiger partial charge in [-0.3, -0.25) is 0 Å². The molecule has 3 rings (SSSR count). The van der Waals surface area contributed by atoms with Crippen LogP contribution in [0.2, 0.25) is 0 Å². The van der Waals surface area contributed by atoms with Crippen LogP contribution in [0.3, 0.4) is 0 Å². The molecule has 2 aromatic carbocycles. The topological polar surface area (TPSA) is 58.3 Å². The van der Waals surface area contributed by atoms with E-state index in [9.17, 15) is 5.11 Å². The lowest BCUT2D eigenvalue weighted by atomic mass is 9.87. The lowest BCUT2D eigenvalue weighted by Gasteiger charge is -2.18. The van der Waals surface area contributed by atoms with Crippen molar-refractivity contribution in [3.63, 3.8) is 0 Å². The normalized spacial score (nSPS) is 11.8. The van der Waals surface area contributed by atoms with Crippen molar-refractivity contribution in [2.24, 2.45) is 0 Å². The van der Waals surface area contributed by atoms with E-state index in [0.29, 0.717) is 22.7 Å². The zero-order chi connectivity index (χ0) is 15.9. The van der Waals surface area contributed by atoms with Crippen LogP contribution in [0.5, 0.6) is 5.75 Å². The summed E-state index contributed by atoms with van der Waals surface area (Å²) in [4.78, 5) is 4.46. The largest absolute Gasteiger partial charge is 0.506 e. The predicted octanol–water partition coefficient (Wildman–Crippen LogP) is 4.54. The van der Waals surface area contributed by atoms with Gasteiger partial charge in [0.05, 0.1) is 5.69 Å². The molecule has 0 saturated carbocycles. The van der Waals surface area contributed by atoms with Gasteiger partial charge in [-0.05, 0) is 23.1 Å². The van der Waals surface area contributed by atoms with Crippen LogP contribution < -0.4 is 5.32 Å². The van der Waals surface area contributed by atoms with Gasteiger partial charge in [0.15, 0.2) is 5.58 Å². The number of aromatic nitrogens is 1. The molecule has 0 bridgehead atoms. The summed E-state index contributed by atoms with van der Waals surface area (Å²) >= 11 is 0. The first-order valence-electron chi connectivity index (χ1n) is 7.31. The van der Waals surface area contributed by atoms with E-state index >= 15 is 0 Å². The molecule has 0 atom stereocenters. The van der Waals surface area contributed by atoms with Gasteiger partial charge < -0.3 is 14.8 Å². The second kappa shape index (κ2) is 5.05. The number of oxazole rings is 1. The molecule has 0 fully saturated rings. The molecule has 0 saturated heterocycles. The van der Waals surface area contributed by atoms with E-state index in [4.69, 9.17) is 4.42 Å². The van der Waals surface area contributed by atoms with Gasteiger partial charge >= 0.3 is 0 Å². The molecule has 0 aliphatic heterocycles. The molecule has 2 N–H and O–H groups in total. The van der Waals surface area contributed by atoms with Crippen LogP contribution in [-0.4, -0.2) is 17.1 Å². The smallest absolute Gasteiger partial charge is 0.227 e. The molecule has 0 unspecified atom stereocenters. The van der Waals surface area contributed by atoms with E-state index in [2.05, 4.69) is 43.2 Å². The summed E-state index contributed by atoms with van der Waals surface area (Å²) in [6.07, 6.45) is 0. The van der Waals surface area contributed by atoms with E-state index in [-0.39, 0.29) is 11.2 Å². The van der Waals surface area contributed by atoms with Crippen molar-refractivity contribution in [1.82, 2.24) is 4.98 Å². The molecular formula is C18H20N2O2. The van der Waals surface area contributed by atoms with Gasteiger partial charge in [-0.15, -0.1) is 0 Å². The minimum absolute atomic E-state index is 0.118. The summed E-state index contributed by atoms with van der Waals surface area (Å²) < 4.78 is 5.81. The summed E-state index contributed by atoms with van der Waals surface area (Å²) in [5, 5.41) is 12.8. The second-order valence-electron chi connectivity index (χ2n) is 6.43. The van der Waals surface area contributed by atoms with E-state index < -0.39 is 0 Å². The Kier molecular flexibility index (Phi) is 3.32. The van der Waals surface area contributed by atoms with E-state index in [1.807, 2.05) is 12.1 Å². The monoisotopic (exact) mass is 296 g/mol. The minimum Gasteiger partial charge on any atom is -0.506 e. The van der Waals surface area contributed by atoms with Crippen molar-refractivity contribution < 1.29 is 9.52 Å². The number of hydrogen-bond acceptors (Lipinski definition) is 4. The molecule has 22 heavy (non-hydrogen) atoms. The van der Waals surface area contributed by atoms with Gasteiger partial charge in [-0.25, -0.2) is 4.98 Å². The Labute approximate surface area is 129 Å². The van der Waals surface area contributed by atoms with Crippen molar-refractivity contribution in [1.29, 1.82) is 0 Å². The van der Waals surface area contributed by atoms with Crippen LogP contribution in [0.4, 0.5) is 5.69 Å². The number of phenolic OH excluding ortho intramolecular Hbond substituents is 1. The summed E-state index contributed by atoms with van der Waals surface area (Å²) in [6.45, 7) is 6.55. The molecule has 1 aromatic heterocycles. The van der Waals surface area contributed by atoms with Gasteiger partial charge in [0.1, 0.15) is 11.3 Å². The number of aromatic hydroxyl groups is 1. The third-order valence-corrected chi connectivity index (χ3v) is 3.77. The number of anilines is 1. The van der Waals surface area contributed by atoms with Gasteiger partial charge in [-0.2, -0.15) is 0 Å². The van der Waals surface area contributed by atoms with Gasteiger partial charge in [0.25, 0.3) is 0 Å². The highest BCUT2D eigenvalue weighted by Crippen LogP contribution is 2.32. The summed E-state index contributed by atoms with van der Waals surface area (Å²) in [7, 11) is 1.75. The number of nitrogens with zero attached hydrogens (tertiary/aromatic N) is 1. The zero-order valence-corrected chi connectivity index (χ0v) is 13.3. The number of phenols is 1. The Morgan fingerprint density at radius 1 is 1.09 bits per heavy atom. The minimum atomic E-state index is 0.118. The SMILES string of the molecule is CNc1cc2oc(-c3ccc(C(C)(C)C)cc3)nc2cc1O. The van der Waals surface area contributed by atoms with Crippen LogP contribution in [0.15, 0.2) is 40.8 Å². The number of benzene rings is 2. The molecule has 1 heterocycles. The third-order valence-electron chi connectivity index (χ3n) is 3.77. The fourth-order valence-corrected chi connectivity index (χ4v) is 2.40. The highest BCUT2D eigenvalue weighted by molar-refractivity contribution is 5.83. The number of fused-ring (bicyclic) bond motifs is 1. The maximum atomic E-state index is 9.87. The van der Waals surface area contributed by atoms with Crippen LogP contribution >= 0.6 is 0 Å². The maximum absolute atomic E-state index is 9.87. The molecule has 0 spiro atoms. The standard InChI is InChI=1S/C18H20N2O2/c1-18(2,3)12-7-5-11(6-8-12)17-20-14-9-15(21)13(19-4)10-16(14)22-17/h5-10,19,21H,1-4H3. The number of rotatable bonds is 2. The molecule has 4 heteroatoms. The highest BCUT2D eigenvalue weighted by atomic mass is 16.3. The molecule has 0 amide bonds. The van der Waals surface area contributed by atoms with Crippen molar-refractivity contribution in [2.45, 2.75) is 26.2 Å². The van der Waals surface area contributed by atoms with E-state index in [1.54, 1.807) is 19.2 Å². The molecule has 4 nitrogen and oxygen atoms in total. The maximum Gasteiger partial charge on any atom is 0.227 e. The predicted molar refractivity (Wildman–Crippen MR) is 89.4 cm³/mol. The van der Waals surface area contributed by atoms with E-state index in [0.717, 1.165) is 5.56 Å². The van der Waals surface area contributed by atoms with Crippen molar-refractivity contribution in [2.75, 3.05) is 12.4 Å². The quantitative estimate of drug-likeness (QED) is 0.682. The molecule has 3 aromatic rings. The Morgan fingerprint density at radius 3 is 2.36 bits per heavy atom. The molecule has 0 aliphatic carbocycles. The van der Waals surface area contributed by atoms with E-state index in [1.165, 1.54) is 5.56 Å². The van der Waals surface area contributed by atoms with Gasteiger partial charge in [-0.1, -0.05) is 32.9 Å². The average Bonchev–Trinajstić information content (AvgIpc) is 2.88. The summed E-state index contributed by atoms with van der Waals surface area (Å²) in [5.74, 6) is 0.723. The number of hydrogen-bond donors (Lipinski definition) is 2. The second-order valence-corrected chi connectivity index (χ2v) is 6.43. The fourth-order valence-electron chi connectivity index (χ4n) is 2.40. The molecule has 0 radical (unpaired) electrons. The first-order chi connectivity index (χ1) is 10.4. The average molecular weight is 296 g/mol. The molecule has 114 valence electrons. The Balaban J connectivity index is 2.03. The van der Waals surface area contributed by atoms with Crippen molar-refractivity contribution >= 4 is 16.8 Å². The van der Waals surface area contributed by atoms with Crippen LogP contribution in [0.1, 0.15) is 26.3 Å². The Bertz CT molecular complexity index is 811. The van der Waals surface area contributed by atoms with Gasteiger partial charge in [0.2, 0.25) is 5.89 Å². The van der Waals surface area contributed by atoms with Crippen LogP contribution in [0, 0.1) is 0 Å². The lowest BCUT2D eigenvalue weighted by molar-refractivity contribution is 0.478. The highest BCUT2D eigenvalue weighted by Gasteiger charge is 2.15. The van der Waals surface area contributed by atoms with Crippen molar-refractivity contribution in [3.05, 3.63) is 42.0 Å².